The van der Waals surface area contributed by atoms with E-state index in [-0.39, 0.29) is 0 Å². The minimum atomic E-state index is 1.13. The molecule has 66 valence electrons. The van der Waals surface area contributed by atoms with Gasteiger partial charge < -0.3 is 4.42 Å². The summed E-state index contributed by atoms with van der Waals surface area (Å²) in [6.07, 6.45) is 7.34. The van der Waals surface area contributed by atoms with E-state index in [0.717, 1.165) is 6.42 Å². The maximum Gasteiger partial charge on any atom is 0.107 e. The fourth-order valence-electron chi connectivity index (χ4n) is 1.86. The molecule has 0 atom stereocenters. The van der Waals surface area contributed by atoms with E-state index >= 15 is 0 Å². The average molecular weight is 164 g/mol. The minimum Gasteiger partial charge on any atom is -0.466 e. The second-order valence-electron chi connectivity index (χ2n) is 3.62. The van der Waals surface area contributed by atoms with Crippen molar-refractivity contribution >= 4 is 0 Å². The molecule has 1 heteroatoms. The Kier molecular flexibility index (Phi) is 2.20. The van der Waals surface area contributed by atoms with E-state index in [0.29, 0.717) is 0 Å². The largest absolute Gasteiger partial charge is 0.466 e. The quantitative estimate of drug-likeness (QED) is 0.669. The summed E-state index contributed by atoms with van der Waals surface area (Å²) in [7, 11) is 0. The van der Waals surface area contributed by atoms with Crippen LogP contribution in [-0.4, -0.2) is 0 Å². The maximum absolute atomic E-state index is 5.73. The zero-order valence-electron chi connectivity index (χ0n) is 7.73. The van der Waals surface area contributed by atoms with Gasteiger partial charge in [-0.05, 0) is 30.9 Å². The van der Waals surface area contributed by atoms with Gasteiger partial charge >= 0.3 is 0 Å². The molecule has 0 amide bonds. The van der Waals surface area contributed by atoms with Crippen LogP contribution in [0, 0.1) is 0 Å². The molecule has 0 radical (unpaired) electrons. The molecule has 1 nitrogen and oxygen atoms in total. The number of fused-ring (bicyclic) bond motifs is 1. The molecule has 1 aromatic rings. The molecule has 0 saturated carbocycles. The Labute approximate surface area is 73.8 Å². The van der Waals surface area contributed by atoms with Crippen LogP contribution in [0.4, 0.5) is 0 Å². The summed E-state index contributed by atoms with van der Waals surface area (Å²) in [6.45, 7) is 2.22. The highest BCUT2D eigenvalue weighted by atomic mass is 16.3. The molecule has 0 aliphatic heterocycles. The number of unbranched alkanes of at least 4 members (excludes halogenated alkanes) is 1. The second kappa shape index (κ2) is 3.34. The van der Waals surface area contributed by atoms with Gasteiger partial charge in [0.25, 0.3) is 0 Å². The molecular weight excluding hydrogens is 148 g/mol. The highest BCUT2D eigenvalue weighted by molar-refractivity contribution is 5.25. The summed E-state index contributed by atoms with van der Waals surface area (Å²) in [5.74, 6) is 2.47. The van der Waals surface area contributed by atoms with Crippen LogP contribution in [0.5, 0.6) is 0 Å². The Morgan fingerprint density at radius 3 is 3.08 bits per heavy atom. The van der Waals surface area contributed by atoms with Gasteiger partial charge in [-0.3, -0.25) is 0 Å². The summed E-state index contributed by atoms with van der Waals surface area (Å²) < 4.78 is 5.73. The van der Waals surface area contributed by atoms with Crippen molar-refractivity contribution < 1.29 is 4.42 Å². The van der Waals surface area contributed by atoms with Gasteiger partial charge in [0.05, 0.1) is 0 Å². The van der Waals surface area contributed by atoms with E-state index < -0.39 is 0 Å². The first-order chi connectivity index (χ1) is 5.90. The molecular formula is C11H16O. The standard InChI is InChI=1S/C11H16O/c1-2-3-6-10-8-9-5-4-7-11(9)12-10/h8H,2-7H2,1H3. The topological polar surface area (TPSA) is 13.1 Å². The lowest BCUT2D eigenvalue weighted by atomic mass is 10.2. The van der Waals surface area contributed by atoms with Crippen LogP contribution in [0.25, 0.3) is 0 Å². The van der Waals surface area contributed by atoms with Crippen LogP contribution in [0.3, 0.4) is 0 Å². The molecule has 0 unspecified atom stereocenters. The summed E-state index contributed by atoms with van der Waals surface area (Å²) >= 11 is 0. The summed E-state index contributed by atoms with van der Waals surface area (Å²) in [5, 5.41) is 0. The van der Waals surface area contributed by atoms with Crippen molar-refractivity contribution in [3.05, 3.63) is 23.2 Å². The van der Waals surface area contributed by atoms with Crippen molar-refractivity contribution in [2.24, 2.45) is 0 Å². The molecule has 0 N–H and O–H groups in total. The molecule has 12 heavy (non-hydrogen) atoms. The number of hydrogen-bond acceptors (Lipinski definition) is 1. The predicted octanol–water partition coefficient (Wildman–Crippen LogP) is 3.11. The van der Waals surface area contributed by atoms with Crippen LogP contribution in [0.15, 0.2) is 10.5 Å². The summed E-state index contributed by atoms with van der Waals surface area (Å²) in [6, 6.07) is 2.26. The Morgan fingerprint density at radius 2 is 2.33 bits per heavy atom. The second-order valence-corrected chi connectivity index (χ2v) is 3.62. The SMILES string of the molecule is CCCCc1cc2c(o1)CCC2. The van der Waals surface area contributed by atoms with E-state index in [1.807, 2.05) is 0 Å². The number of rotatable bonds is 3. The van der Waals surface area contributed by atoms with E-state index in [2.05, 4.69) is 13.0 Å². The maximum atomic E-state index is 5.73. The normalized spacial score (nSPS) is 15.1. The first kappa shape index (κ1) is 7.90. The van der Waals surface area contributed by atoms with Crippen molar-refractivity contribution in [2.75, 3.05) is 0 Å². The lowest BCUT2D eigenvalue weighted by Gasteiger charge is -1.93. The smallest absolute Gasteiger partial charge is 0.107 e. The van der Waals surface area contributed by atoms with Crippen molar-refractivity contribution in [1.82, 2.24) is 0 Å². The average Bonchev–Trinajstić information content (AvgIpc) is 2.58. The zero-order valence-corrected chi connectivity index (χ0v) is 7.73. The van der Waals surface area contributed by atoms with Gasteiger partial charge in [-0.2, -0.15) is 0 Å². The molecule has 0 aromatic carbocycles. The van der Waals surface area contributed by atoms with E-state index in [4.69, 9.17) is 4.42 Å². The predicted molar refractivity (Wildman–Crippen MR) is 49.3 cm³/mol. The van der Waals surface area contributed by atoms with Crippen molar-refractivity contribution in [3.8, 4) is 0 Å². The summed E-state index contributed by atoms with van der Waals surface area (Å²) in [4.78, 5) is 0. The van der Waals surface area contributed by atoms with E-state index in [1.54, 1.807) is 0 Å². The van der Waals surface area contributed by atoms with Crippen LogP contribution >= 0.6 is 0 Å². The highest BCUT2D eigenvalue weighted by Gasteiger charge is 2.15. The van der Waals surface area contributed by atoms with E-state index in [9.17, 15) is 0 Å². The third kappa shape index (κ3) is 1.40. The van der Waals surface area contributed by atoms with Gasteiger partial charge in [-0.1, -0.05) is 13.3 Å². The van der Waals surface area contributed by atoms with Gasteiger partial charge in [0, 0.05) is 12.8 Å². The molecule has 1 aromatic heterocycles. The zero-order chi connectivity index (χ0) is 8.39. The van der Waals surface area contributed by atoms with Crippen LogP contribution < -0.4 is 0 Å². The number of aryl methyl sites for hydroxylation is 3. The fourth-order valence-corrected chi connectivity index (χ4v) is 1.86. The molecule has 1 aliphatic carbocycles. The molecule has 0 spiro atoms. The van der Waals surface area contributed by atoms with E-state index in [1.165, 1.54) is 49.2 Å². The van der Waals surface area contributed by atoms with Gasteiger partial charge in [-0.25, -0.2) is 0 Å². The highest BCUT2D eigenvalue weighted by Crippen LogP contribution is 2.25. The van der Waals surface area contributed by atoms with Crippen molar-refractivity contribution in [1.29, 1.82) is 0 Å². The number of furan rings is 1. The Balaban J connectivity index is 2.05. The van der Waals surface area contributed by atoms with Crippen LogP contribution in [0.2, 0.25) is 0 Å². The van der Waals surface area contributed by atoms with Gasteiger partial charge in [0.15, 0.2) is 0 Å². The molecule has 2 rings (SSSR count). The third-order valence-electron chi connectivity index (χ3n) is 2.57. The first-order valence-electron chi connectivity index (χ1n) is 5.00. The van der Waals surface area contributed by atoms with Gasteiger partial charge in [-0.15, -0.1) is 0 Å². The van der Waals surface area contributed by atoms with Crippen molar-refractivity contribution in [2.45, 2.75) is 45.4 Å². The molecule has 0 saturated heterocycles. The Hall–Kier alpha value is -0.720. The molecule has 1 aliphatic rings. The fraction of sp³-hybridized carbons (Fsp3) is 0.636. The van der Waals surface area contributed by atoms with Gasteiger partial charge in [0.2, 0.25) is 0 Å². The molecule has 1 heterocycles. The molecule has 0 fully saturated rings. The van der Waals surface area contributed by atoms with Crippen LogP contribution in [0.1, 0.15) is 43.3 Å². The Morgan fingerprint density at radius 1 is 1.42 bits per heavy atom. The Bertz CT molecular complexity index is 238. The monoisotopic (exact) mass is 164 g/mol. The molecule has 0 bridgehead atoms. The summed E-state index contributed by atoms with van der Waals surface area (Å²) in [5.41, 5.74) is 1.47. The number of hydrogen-bond donors (Lipinski definition) is 0. The lowest BCUT2D eigenvalue weighted by Crippen LogP contribution is -1.81. The van der Waals surface area contributed by atoms with Crippen LogP contribution in [-0.2, 0) is 19.3 Å². The van der Waals surface area contributed by atoms with Crippen molar-refractivity contribution in [3.63, 3.8) is 0 Å². The lowest BCUT2D eigenvalue weighted by molar-refractivity contribution is 0.462. The first-order valence-corrected chi connectivity index (χ1v) is 5.00. The van der Waals surface area contributed by atoms with Gasteiger partial charge in [0.1, 0.15) is 11.5 Å². The third-order valence-corrected chi connectivity index (χ3v) is 2.57. The minimum absolute atomic E-state index is 1.13.